The molecule has 0 N–H and O–H groups in total. The third-order valence-corrected chi connectivity index (χ3v) is 5.81. The molecule has 2 fully saturated rings. The Bertz CT molecular complexity index is 561. The average molecular weight is 329 g/mol. The van der Waals surface area contributed by atoms with Gasteiger partial charge in [-0.1, -0.05) is 20.3 Å². The molecule has 24 heavy (non-hydrogen) atoms. The summed E-state index contributed by atoms with van der Waals surface area (Å²) in [5, 5.41) is 0. The summed E-state index contributed by atoms with van der Waals surface area (Å²) < 4.78 is 0. The van der Waals surface area contributed by atoms with Gasteiger partial charge < -0.3 is 4.90 Å². The van der Waals surface area contributed by atoms with Crippen molar-refractivity contribution in [2.24, 2.45) is 5.92 Å². The van der Waals surface area contributed by atoms with Crippen molar-refractivity contribution in [2.45, 2.75) is 52.1 Å². The summed E-state index contributed by atoms with van der Waals surface area (Å²) in [6, 6.07) is 0.864. The van der Waals surface area contributed by atoms with E-state index in [2.05, 4.69) is 34.7 Å². The molecule has 0 spiro atoms. The van der Waals surface area contributed by atoms with E-state index >= 15 is 0 Å². The van der Waals surface area contributed by atoms with Gasteiger partial charge in [0, 0.05) is 70.0 Å². The second kappa shape index (κ2) is 6.96. The van der Waals surface area contributed by atoms with E-state index in [9.17, 15) is 0 Å². The predicted octanol–water partition coefficient (Wildman–Crippen LogP) is 2.17. The van der Waals surface area contributed by atoms with Gasteiger partial charge in [-0.25, -0.2) is 9.97 Å². The van der Waals surface area contributed by atoms with Gasteiger partial charge in [-0.2, -0.15) is 0 Å². The van der Waals surface area contributed by atoms with Gasteiger partial charge in [0.15, 0.2) is 0 Å². The van der Waals surface area contributed by atoms with Crippen LogP contribution in [-0.4, -0.2) is 65.1 Å². The van der Waals surface area contributed by atoms with Gasteiger partial charge in [0.2, 0.25) is 5.95 Å². The first-order chi connectivity index (χ1) is 11.7. The summed E-state index contributed by atoms with van der Waals surface area (Å²) >= 11 is 0. The Labute approximate surface area is 146 Å². The molecule has 0 aromatic carbocycles. The zero-order valence-corrected chi connectivity index (χ0v) is 15.2. The van der Waals surface area contributed by atoms with Crippen molar-refractivity contribution in [1.82, 2.24) is 19.8 Å². The Morgan fingerprint density at radius 1 is 1.12 bits per heavy atom. The fraction of sp³-hybridized carbons (Fsp3) is 0.789. The van der Waals surface area contributed by atoms with E-state index in [1.165, 1.54) is 50.2 Å². The summed E-state index contributed by atoms with van der Waals surface area (Å²) in [6.45, 7) is 12.4. The monoisotopic (exact) mass is 329 g/mol. The SMILES string of the molecule is CC(C)CN1CCc2nc(N3CCN(C4CCC4)CC3)ncc2C1. The molecule has 5 nitrogen and oxygen atoms in total. The highest BCUT2D eigenvalue weighted by molar-refractivity contribution is 5.35. The van der Waals surface area contributed by atoms with Crippen LogP contribution in [0.3, 0.4) is 0 Å². The second-order valence-electron chi connectivity index (χ2n) is 8.13. The fourth-order valence-corrected chi connectivity index (χ4v) is 4.23. The van der Waals surface area contributed by atoms with E-state index in [1.807, 2.05) is 0 Å². The van der Waals surface area contributed by atoms with Crippen LogP contribution < -0.4 is 4.90 Å². The standard InChI is InChI=1S/C19H31N5/c1-15(2)13-22-7-6-18-16(14-22)12-20-19(21-18)24-10-8-23(9-11-24)17-4-3-5-17/h12,15,17H,3-11,13-14H2,1-2H3. The largest absolute Gasteiger partial charge is 0.338 e. The first kappa shape index (κ1) is 16.3. The Morgan fingerprint density at radius 2 is 1.92 bits per heavy atom. The van der Waals surface area contributed by atoms with Crippen molar-refractivity contribution < 1.29 is 0 Å². The summed E-state index contributed by atoms with van der Waals surface area (Å²) in [5.74, 6) is 1.68. The Hall–Kier alpha value is -1.20. The second-order valence-corrected chi connectivity index (χ2v) is 8.13. The number of nitrogens with zero attached hydrogens (tertiary/aromatic N) is 5. The lowest BCUT2D eigenvalue weighted by atomic mass is 9.91. The van der Waals surface area contributed by atoms with Gasteiger partial charge in [-0.15, -0.1) is 0 Å². The van der Waals surface area contributed by atoms with Crippen LogP contribution in [0.15, 0.2) is 6.20 Å². The molecule has 5 heteroatoms. The van der Waals surface area contributed by atoms with Crippen LogP contribution >= 0.6 is 0 Å². The molecular weight excluding hydrogens is 298 g/mol. The van der Waals surface area contributed by atoms with Crippen LogP contribution in [0.5, 0.6) is 0 Å². The molecule has 3 heterocycles. The fourth-order valence-electron chi connectivity index (χ4n) is 4.23. The molecule has 0 amide bonds. The lowest BCUT2D eigenvalue weighted by Gasteiger charge is -2.43. The van der Waals surface area contributed by atoms with E-state index in [-0.39, 0.29) is 0 Å². The number of rotatable bonds is 4. The maximum absolute atomic E-state index is 4.92. The molecule has 1 saturated heterocycles. The number of hydrogen-bond acceptors (Lipinski definition) is 5. The van der Waals surface area contributed by atoms with Gasteiger partial charge in [0.05, 0.1) is 5.69 Å². The molecule has 0 atom stereocenters. The van der Waals surface area contributed by atoms with Gasteiger partial charge >= 0.3 is 0 Å². The van der Waals surface area contributed by atoms with Crippen molar-refractivity contribution in [1.29, 1.82) is 0 Å². The predicted molar refractivity (Wildman–Crippen MR) is 97.3 cm³/mol. The van der Waals surface area contributed by atoms with Gasteiger partial charge in [0.1, 0.15) is 0 Å². The van der Waals surface area contributed by atoms with Gasteiger partial charge in [-0.3, -0.25) is 9.80 Å². The highest BCUT2D eigenvalue weighted by Crippen LogP contribution is 2.26. The van der Waals surface area contributed by atoms with Gasteiger partial charge in [-0.05, 0) is 18.8 Å². The average Bonchev–Trinajstić information content (AvgIpc) is 2.53. The minimum Gasteiger partial charge on any atom is -0.338 e. The highest BCUT2D eigenvalue weighted by atomic mass is 15.3. The minimum absolute atomic E-state index is 0.721. The molecule has 0 radical (unpaired) electrons. The van der Waals surface area contributed by atoms with E-state index in [4.69, 9.17) is 9.97 Å². The normalized spacial score (nSPS) is 23.4. The van der Waals surface area contributed by atoms with E-state index < -0.39 is 0 Å². The van der Waals surface area contributed by atoms with Crippen LogP contribution in [0, 0.1) is 5.92 Å². The molecular formula is C19H31N5. The van der Waals surface area contributed by atoms with E-state index in [1.54, 1.807) is 0 Å². The summed E-state index contributed by atoms with van der Waals surface area (Å²) in [4.78, 5) is 17.2. The van der Waals surface area contributed by atoms with Crippen molar-refractivity contribution >= 4 is 5.95 Å². The quantitative estimate of drug-likeness (QED) is 0.846. The summed E-state index contributed by atoms with van der Waals surface area (Å²) in [7, 11) is 0. The molecule has 4 rings (SSSR count). The van der Waals surface area contributed by atoms with E-state index in [0.29, 0.717) is 0 Å². The zero-order chi connectivity index (χ0) is 16.5. The van der Waals surface area contributed by atoms with Crippen LogP contribution in [0.1, 0.15) is 44.4 Å². The molecule has 3 aliphatic rings. The number of hydrogen-bond donors (Lipinski definition) is 0. The van der Waals surface area contributed by atoms with Crippen molar-refractivity contribution in [3.8, 4) is 0 Å². The third-order valence-electron chi connectivity index (χ3n) is 5.81. The molecule has 0 bridgehead atoms. The van der Waals surface area contributed by atoms with Crippen molar-refractivity contribution in [3.63, 3.8) is 0 Å². The van der Waals surface area contributed by atoms with Crippen LogP contribution in [0.4, 0.5) is 5.95 Å². The Morgan fingerprint density at radius 3 is 2.58 bits per heavy atom. The summed E-state index contributed by atoms with van der Waals surface area (Å²) in [6.07, 6.45) is 7.39. The zero-order valence-electron chi connectivity index (χ0n) is 15.2. The molecule has 2 aliphatic heterocycles. The molecule has 0 unspecified atom stereocenters. The topological polar surface area (TPSA) is 35.5 Å². The Balaban J connectivity index is 1.37. The maximum atomic E-state index is 4.92. The Kier molecular flexibility index (Phi) is 4.72. The molecule has 132 valence electrons. The van der Waals surface area contributed by atoms with E-state index in [0.717, 1.165) is 50.5 Å². The lowest BCUT2D eigenvalue weighted by molar-refractivity contribution is 0.120. The molecule has 1 aromatic rings. The highest BCUT2D eigenvalue weighted by Gasteiger charge is 2.29. The molecule has 1 aliphatic carbocycles. The first-order valence-electron chi connectivity index (χ1n) is 9.75. The smallest absolute Gasteiger partial charge is 0.225 e. The molecule has 1 saturated carbocycles. The van der Waals surface area contributed by atoms with Gasteiger partial charge in [0.25, 0.3) is 0 Å². The minimum atomic E-state index is 0.721. The third kappa shape index (κ3) is 3.42. The molecule has 1 aromatic heterocycles. The number of aromatic nitrogens is 2. The lowest BCUT2D eigenvalue weighted by Crippen LogP contribution is -2.52. The summed E-state index contributed by atoms with van der Waals surface area (Å²) in [5.41, 5.74) is 2.61. The first-order valence-corrected chi connectivity index (χ1v) is 9.75. The van der Waals surface area contributed by atoms with Crippen molar-refractivity contribution in [2.75, 3.05) is 44.2 Å². The number of piperazine rings is 1. The van der Waals surface area contributed by atoms with Crippen LogP contribution in [-0.2, 0) is 13.0 Å². The van der Waals surface area contributed by atoms with Crippen LogP contribution in [0.25, 0.3) is 0 Å². The number of fused-ring (bicyclic) bond motifs is 1. The van der Waals surface area contributed by atoms with Crippen molar-refractivity contribution in [3.05, 3.63) is 17.5 Å². The maximum Gasteiger partial charge on any atom is 0.225 e. The van der Waals surface area contributed by atoms with Crippen LogP contribution in [0.2, 0.25) is 0 Å². The number of anilines is 1.